The van der Waals surface area contributed by atoms with E-state index in [4.69, 9.17) is 5.73 Å². The maximum atomic E-state index is 13.7. The Morgan fingerprint density at radius 1 is 1.14 bits per heavy atom. The number of nitrogens with two attached hydrogens (primary N) is 1. The van der Waals surface area contributed by atoms with Crippen molar-refractivity contribution < 1.29 is 8.78 Å². The number of hydrogen-bond acceptors (Lipinski definition) is 1. The van der Waals surface area contributed by atoms with Crippen LogP contribution in [0.25, 0.3) is 0 Å². The van der Waals surface area contributed by atoms with E-state index in [2.05, 4.69) is 0 Å². The highest BCUT2D eigenvalue weighted by molar-refractivity contribution is 4.87. The van der Waals surface area contributed by atoms with Crippen molar-refractivity contribution in [3.05, 3.63) is 0 Å². The number of alkyl halides is 2. The van der Waals surface area contributed by atoms with E-state index in [9.17, 15) is 8.78 Å². The second-order valence-corrected chi connectivity index (χ2v) is 5.26. The minimum absolute atomic E-state index is 0.190. The summed E-state index contributed by atoms with van der Waals surface area (Å²) < 4.78 is 27.5. The van der Waals surface area contributed by atoms with Gasteiger partial charge in [0.05, 0.1) is 0 Å². The average molecular weight is 205 g/mol. The van der Waals surface area contributed by atoms with Gasteiger partial charge in [-0.15, -0.1) is 0 Å². The van der Waals surface area contributed by atoms with Gasteiger partial charge in [-0.05, 0) is 26.7 Å². The summed E-state index contributed by atoms with van der Waals surface area (Å²) >= 11 is 0. The molecule has 0 amide bonds. The van der Waals surface area contributed by atoms with Crippen LogP contribution in [0.2, 0.25) is 0 Å². The van der Waals surface area contributed by atoms with Crippen LogP contribution >= 0.6 is 0 Å². The molecule has 2 N–H and O–H groups in total. The third-order valence-corrected chi connectivity index (χ3v) is 2.89. The lowest BCUT2D eigenvalue weighted by atomic mass is 9.80. The molecule has 0 aromatic rings. The molecule has 14 heavy (non-hydrogen) atoms. The smallest absolute Gasteiger partial charge is 0.252 e. The highest BCUT2D eigenvalue weighted by Gasteiger charge is 2.42. The van der Waals surface area contributed by atoms with E-state index in [-0.39, 0.29) is 6.42 Å². The van der Waals surface area contributed by atoms with Crippen LogP contribution < -0.4 is 5.73 Å². The van der Waals surface area contributed by atoms with E-state index < -0.39 is 17.4 Å². The van der Waals surface area contributed by atoms with Crippen molar-refractivity contribution in [2.45, 2.75) is 63.8 Å². The van der Waals surface area contributed by atoms with E-state index >= 15 is 0 Å². The van der Waals surface area contributed by atoms with E-state index in [1.54, 1.807) is 13.8 Å². The summed E-state index contributed by atoms with van der Waals surface area (Å²) in [6, 6.07) is 0. The fourth-order valence-corrected chi connectivity index (χ4v) is 2.28. The first-order valence-corrected chi connectivity index (χ1v) is 5.48. The van der Waals surface area contributed by atoms with Gasteiger partial charge in [-0.1, -0.05) is 19.3 Å². The van der Waals surface area contributed by atoms with E-state index in [0.717, 1.165) is 19.3 Å². The molecule has 3 heteroatoms. The lowest BCUT2D eigenvalue weighted by Crippen LogP contribution is -2.43. The molecular weight excluding hydrogens is 184 g/mol. The zero-order chi connectivity index (χ0) is 10.8. The topological polar surface area (TPSA) is 26.0 Å². The van der Waals surface area contributed by atoms with Crippen LogP contribution in [-0.2, 0) is 0 Å². The Balaban J connectivity index is 2.54. The van der Waals surface area contributed by atoms with Crippen molar-refractivity contribution in [2.75, 3.05) is 0 Å². The molecule has 0 aromatic heterocycles. The predicted molar refractivity (Wildman–Crippen MR) is 54.4 cm³/mol. The van der Waals surface area contributed by atoms with E-state index in [1.165, 1.54) is 0 Å². The van der Waals surface area contributed by atoms with Crippen LogP contribution in [0.5, 0.6) is 0 Å². The van der Waals surface area contributed by atoms with Crippen molar-refractivity contribution in [3.63, 3.8) is 0 Å². The van der Waals surface area contributed by atoms with E-state index in [1.807, 2.05) is 0 Å². The van der Waals surface area contributed by atoms with E-state index in [0.29, 0.717) is 12.8 Å². The van der Waals surface area contributed by atoms with Gasteiger partial charge in [0, 0.05) is 17.9 Å². The minimum Gasteiger partial charge on any atom is -0.325 e. The normalized spacial score (nSPS) is 21.2. The molecule has 1 rings (SSSR count). The summed E-state index contributed by atoms with van der Waals surface area (Å²) in [5, 5.41) is 0. The Labute approximate surface area is 85.1 Å². The van der Waals surface area contributed by atoms with Gasteiger partial charge in [-0.3, -0.25) is 0 Å². The second-order valence-electron chi connectivity index (χ2n) is 5.26. The molecule has 84 valence electrons. The fraction of sp³-hybridized carbons (Fsp3) is 1.00. The summed E-state index contributed by atoms with van der Waals surface area (Å²) in [7, 11) is 0. The van der Waals surface area contributed by atoms with Crippen LogP contribution in [0.4, 0.5) is 8.78 Å². The Morgan fingerprint density at radius 3 is 2.07 bits per heavy atom. The maximum Gasteiger partial charge on any atom is 0.252 e. The first-order chi connectivity index (χ1) is 6.31. The fourth-order valence-electron chi connectivity index (χ4n) is 2.28. The first-order valence-electron chi connectivity index (χ1n) is 5.48. The molecule has 0 aromatic carbocycles. The standard InChI is InChI=1S/C11H21F2N/c1-10(2,14)8-11(12,13)9-6-4-3-5-7-9/h9H,3-8,14H2,1-2H3. The Morgan fingerprint density at radius 2 is 1.64 bits per heavy atom. The molecule has 0 atom stereocenters. The molecule has 1 saturated carbocycles. The van der Waals surface area contributed by atoms with Crippen molar-refractivity contribution in [3.8, 4) is 0 Å². The quantitative estimate of drug-likeness (QED) is 0.751. The van der Waals surface area contributed by atoms with Crippen molar-refractivity contribution in [2.24, 2.45) is 11.7 Å². The molecule has 0 spiro atoms. The van der Waals surface area contributed by atoms with Gasteiger partial charge in [-0.25, -0.2) is 8.78 Å². The Hall–Kier alpha value is -0.180. The minimum atomic E-state index is -2.57. The average Bonchev–Trinajstić information content (AvgIpc) is 2.01. The van der Waals surface area contributed by atoms with Gasteiger partial charge < -0.3 is 5.73 Å². The lowest BCUT2D eigenvalue weighted by Gasteiger charge is -2.34. The maximum absolute atomic E-state index is 13.7. The van der Waals surface area contributed by atoms with Gasteiger partial charge in [0.25, 0.3) is 5.92 Å². The summed E-state index contributed by atoms with van der Waals surface area (Å²) in [6.07, 6.45) is 4.16. The molecular formula is C11H21F2N. The summed E-state index contributed by atoms with van der Waals surface area (Å²) in [5.74, 6) is -3.00. The highest BCUT2D eigenvalue weighted by atomic mass is 19.3. The lowest BCUT2D eigenvalue weighted by molar-refractivity contribution is -0.0887. The first kappa shape index (κ1) is 11.9. The summed E-state index contributed by atoms with van der Waals surface area (Å²) in [5.41, 5.74) is 4.89. The molecule has 1 nitrogen and oxygen atoms in total. The molecule has 1 aliphatic rings. The molecule has 0 radical (unpaired) electrons. The molecule has 0 aliphatic heterocycles. The van der Waals surface area contributed by atoms with Crippen LogP contribution in [-0.4, -0.2) is 11.5 Å². The van der Waals surface area contributed by atoms with Crippen LogP contribution in [0.1, 0.15) is 52.4 Å². The Kier molecular flexibility index (Phi) is 3.51. The molecule has 1 aliphatic carbocycles. The number of halogens is 2. The summed E-state index contributed by atoms with van der Waals surface area (Å²) in [6.45, 7) is 3.34. The summed E-state index contributed by atoms with van der Waals surface area (Å²) in [4.78, 5) is 0. The van der Waals surface area contributed by atoms with Crippen LogP contribution in [0.3, 0.4) is 0 Å². The molecule has 0 heterocycles. The van der Waals surface area contributed by atoms with Crippen molar-refractivity contribution >= 4 is 0 Å². The Bertz CT molecular complexity index is 178. The molecule has 0 saturated heterocycles. The third kappa shape index (κ3) is 3.52. The van der Waals surface area contributed by atoms with Gasteiger partial charge in [0.15, 0.2) is 0 Å². The van der Waals surface area contributed by atoms with Gasteiger partial charge in [-0.2, -0.15) is 0 Å². The molecule has 0 bridgehead atoms. The zero-order valence-electron chi connectivity index (χ0n) is 9.15. The van der Waals surface area contributed by atoms with Crippen LogP contribution in [0, 0.1) is 5.92 Å². The monoisotopic (exact) mass is 205 g/mol. The van der Waals surface area contributed by atoms with Crippen molar-refractivity contribution in [1.29, 1.82) is 0 Å². The third-order valence-electron chi connectivity index (χ3n) is 2.89. The second kappa shape index (κ2) is 4.13. The van der Waals surface area contributed by atoms with Crippen LogP contribution in [0.15, 0.2) is 0 Å². The number of rotatable bonds is 3. The molecule has 0 unspecified atom stereocenters. The van der Waals surface area contributed by atoms with Gasteiger partial charge in [0.1, 0.15) is 0 Å². The largest absolute Gasteiger partial charge is 0.325 e. The molecule has 1 fully saturated rings. The number of hydrogen-bond donors (Lipinski definition) is 1. The van der Waals surface area contributed by atoms with Gasteiger partial charge >= 0.3 is 0 Å². The van der Waals surface area contributed by atoms with Crippen molar-refractivity contribution in [1.82, 2.24) is 0 Å². The highest BCUT2D eigenvalue weighted by Crippen LogP contribution is 2.40. The SMILES string of the molecule is CC(C)(N)CC(F)(F)C1CCCCC1. The predicted octanol–water partition coefficient (Wildman–Crippen LogP) is 3.33. The zero-order valence-corrected chi connectivity index (χ0v) is 9.15. The van der Waals surface area contributed by atoms with Gasteiger partial charge in [0.2, 0.25) is 0 Å².